The summed E-state index contributed by atoms with van der Waals surface area (Å²) in [6.45, 7) is 4.66. The van der Waals surface area contributed by atoms with Crippen molar-refractivity contribution in [2.24, 2.45) is 5.73 Å². The van der Waals surface area contributed by atoms with Gasteiger partial charge in [0, 0.05) is 36.1 Å². The molecule has 18 heavy (non-hydrogen) atoms. The summed E-state index contributed by atoms with van der Waals surface area (Å²) in [6, 6.07) is 5.89. The van der Waals surface area contributed by atoms with Crippen LogP contribution >= 0.6 is 0 Å². The zero-order chi connectivity index (χ0) is 13.0. The van der Waals surface area contributed by atoms with Gasteiger partial charge in [0.15, 0.2) is 0 Å². The van der Waals surface area contributed by atoms with Crippen LogP contribution in [-0.2, 0) is 0 Å². The lowest BCUT2D eigenvalue weighted by Gasteiger charge is -2.12. The highest BCUT2D eigenvalue weighted by Gasteiger charge is 2.12. The Morgan fingerprint density at radius 1 is 1.33 bits per heavy atom. The van der Waals surface area contributed by atoms with E-state index in [1.54, 1.807) is 6.20 Å². The molecule has 0 radical (unpaired) electrons. The maximum atomic E-state index is 5.76. The van der Waals surface area contributed by atoms with E-state index in [1.807, 2.05) is 31.3 Å². The first-order valence-electron chi connectivity index (χ1n) is 6.20. The summed E-state index contributed by atoms with van der Waals surface area (Å²) in [5.74, 6) is 1.05. The molecule has 94 valence electrons. The van der Waals surface area contributed by atoms with Gasteiger partial charge in [0.25, 0.3) is 0 Å². The summed E-state index contributed by atoms with van der Waals surface area (Å²) >= 11 is 0. The lowest BCUT2D eigenvalue weighted by Crippen LogP contribution is -2.15. The second-order valence-electron chi connectivity index (χ2n) is 4.34. The molecule has 0 fully saturated rings. The van der Waals surface area contributed by atoms with Crippen molar-refractivity contribution in [2.45, 2.75) is 26.2 Å². The minimum absolute atomic E-state index is 0.223. The van der Waals surface area contributed by atoms with Crippen molar-refractivity contribution >= 4 is 0 Å². The highest BCUT2D eigenvalue weighted by Crippen LogP contribution is 2.20. The van der Waals surface area contributed by atoms with E-state index in [9.17, 15) is 0 Å². The molecule has 0 aliphatic heterocycles. The van der Waals surface area contributed by atoms with Gasteiger partial charge in [-0.05, 0) is 31.5 Å². The van der Waals surface area contributed by atoms with Crippen molar-refractivity contribution in [3.05, 3.63) is 42.1 Å². The normalized spacial score (nSPS) is 12.4. The van der Waals surface area contributed by atoms with Crippen LogP contribution in [0.15, 0.2) is 30.6 Å². The summed E-state index contributed by atoms with van der Waals surface area (Å²) in [4.78, 5) is 13.2. The molecule has 2 aromatic heterocycles. The first-order chi connectivity index (χ1) is 8.74. The Balaban J connectivity index is 2.44. The second-order valence-corrected chi connectivity index (χ2v) is 4.34. The molecule has 1 unspecified atom stereocenters. The van der Waals surface area contributed by atoms with E-state index in [4.69, 9.17) is 5.73 Å². The van der Waals surface area contributed by atoms with E-state index in [0.717, 1.165) is 29.2 Å². The van der Waals surface area contributed by atoms with Gasteiger partial charge in [0.05, 0.1) is 5.69 Å². The van der Waals surface area contributed by atoms with Crippen molar-refractivity contribution < 1.29 is 0 Å². The fourth-order valence-electron chi connectivity index (χ4n) is 1.89. The van der Waals surface area contributed by atoms with Gasteiger partial charge in [-0.1, -0.05) is 6.92 Å². The van der Waals surface area contributed by atoms with E-state index >= 15 is 0 Å². The lowest BCUT2D eigenvalue weighted by molar-refractivity contribution is 0.628. The summed E-state index contributed by atoms with van der Waals surface area (Å²) in [6.07, 6.45) is 4.52. The lowest BCUT2D eigenvalue weighted by atomic mass is 10.1. The molecule has 0 saturated heterocycles. The predicted octanol–water partition coefficient (Wildman–Crippen LogP) is 2.30. The SMILES string of the molecule is CCC(CN)c1nc(C)cc(-c2cccnc2)n1. The maximum Gasteiger partial charge on any atom is 0.133 e. The van der Waals surface area contributed by atoms with Gasteiger partial charge in [-0.15, -0.1) is 0 Å². The zero-order valence-electron chi connectivity index (χ0n) is 10.8. The average Bonchev–Trinajstić information content (AvgIpc) is 2.40. The van der Waals surface area contributed by atoms with Gasteiger partial charge in [-0.25, -0.2) is 9.97 Å². The van der Waals surface area contributed by atoms with Gasteiger partial charge >= 0.3 is 0 Å². The Labute approximate surface area is 107 Å². The fourth-order valence-corrected chi connectivity index (χ4v) is 1.89. The monoisotopic (exact) mass is 242 g/mol. The number of hydrogen-bond donors (Lipinski definition) is 1. The topological polar surface area (TPSA) is 64.7 Å². The molecule has 0 bridgehead atoms. The smallest absolute Gasteiger partial charge is 0.133 e. The average molecular weight is 242 g/mol. The first kappa shape index (κ1) is 12.6. The van der Waals surface area contributed by atoms with Crippen LogP contribution in [0.25, 0.3) is 11.3 Å². The van der Waals surface area contributed by atoms with Crippen LogP contribution in [0, 0.1) is 6.92 Å². The Morgan fingerprint density at radius 2 is 2.17 bits per heavy atom. The van der Waals surface area contributed by atoms with Gasteiger partial charge in [-0.3, -0.25) is 4.98 Å². The second kappa shape index (κ2) is 5.69. The third-order valence-electron chi connectivity index (χ3n) is 2.97. The van der Waals surface area contributed by atoms with E-state index in [1.165, 1.54) is 0 Å². The highest BCUT2D eigenvalue weighted by molar-refractivity contribution is 5.57. The van der Waals surface area contributed by atoms with E-state index in [2.05, 4.69) is 21.9 Å². The van der Waals surface area contributed by atoms with Crippen molar-refractivity contribution in [1.29, 1.82) is 0 Å². The van der Waals surface area contributed by atoms with Gasteiger partial charge < -0.3 is 5.73 Å². The molecule has 2 heterocycles. The molecular formula is C14H18N4. The van der Waals surface area contributed by atoms with Crippen LogP contribution in [0.1, 0.15) is 30.8 Å². The van der Waals surface area contributed by atoms with Crippen LogP contribution < -0.4 is 5.73 Å². The van der Waals surface area contributed by atoms with Gasteiger partial charge in [-0.2, -0.15) is 0 Å². The van der Waals surface area contributed by atoms with Crippen molar-refractivity contribution in [3.8, 4) is 11.3 Å². The Bertz CT molecular complexity index is 506. The molecule has 0 saturated carbocycles. The number of aryl methyl sites for hydroxylation is 1. The quantitative estimate of drug-likeness (QED) is 0.893. The molecular weight excluding hydrogens is 224 g/mol. The number of aromatic nitrogens is 3. The van der Waals surface area contributed by atoms with Gasteiger partial charge in [0.2, 0.25) is 0 Å². The van der Waals surface area contributed by atoms with Crippen LogP contribution in [0.5, 0.6) is 0 Å². The molecule has 1 atom stereocenters. The maximum absolute atomic E-state index is 5.76. The van der Waals surface area contributed by atoms with E-state index in [0.29, 0.717) is 6.54 Å². The number of pyridine rings is 1. The predicted molar refractivity (Wildman–Crippen MR) is 72.1 cm³/mol. The molecule has 0 aromatic carbocycles. The minimum atomic E-state index is 0.223. The molecule has 0 aliphatic carbocycles. The van der Waals surface area contributed by atoms with E-state index < -0.39 is 0 Å². The van der Waals surface area contributed by atoms with E-state index in [-0.39, 0.29) is 5.92 Å². The number of nitrogens with two attached hydrogens (primary N) is 1. The molecule has 4 nitrogen and oxygen atoms in total. The Morgan fingerprint density at radius 3 is 2.78 bits per heavy atom. The molecule has 2 aromatic rings. The number of nitrogens with zero attached hydrogens (tertiary/aromatic N) is 3. The highest BCUT2D eigenvalue weighted by atomic mass is 14.9. The zero-order valence-corrected chi connectivity index (χ0v) is 10.8. The molecule has 4 heteroatoms. The minimum Gasteiger partial charge on any atom is -0.330 e. The summed E-state index contributed by atoms with van der Waals surface area (Å²) in [5, 5.41) is 0. The summed E-state index contributed by atoms with van der Waals surface area (Å²) < 4.78 is 0. The molecule has 2 rings (SSSR count). The third-order valence-corrected chi connectivity index (χ3v) is 2.97. The number of rotatable bonds is 4. The Kier molecular flexibility index (Phi) is 3.99. The summed E-state index contributed by atoms with van der Waals surface area (Å²) in [5.41, 5.74) is 8.65. The molecule has 2 N–H and O–H groups in total. The van der Waals surface area contributed by atoms with Gasteiger partial charge in [0.1, 0.15) is 5.82 Å². The van der Waals surface area contributed by atoms with Crippen molar-refractivity contribution in [2.75, 3.05) is 6.54 Å². The van der Waals surface area contributed by atoms with Crippen LogP contribution in [0.3, 0.4) is 0 Å². The molecule has 0 aliphatic rings. The number of hydrogen-bond acceptors (Lipinski definition) is 4. The van der Waals surface area contributed by atoms with Crippen molar-refractivity contribution in [1.82, 2.24) is 15.0 Å². The molecule has 0 amide bonds. The van der Waals surface area contributed by atoms with Crippen molar-refractivity contribution in [3.63, 3.8) is 0 Å². The van der Waals surface area contributed by atoms with Crippen LogP contribution in [-0.4, -0.2) is 21.5 Å². The Hall–Kier alpha value is -1.81. The van der Waals surface area contributed by atoms with Crippen LogP contribution in [0.2, 0.25) is 0 Å². The fraction of sp³-hybridized carbons (Fsp3) is 0.357. The molecule has 0 spiro atoms. The third kappa shape index (κ3) is 2.71. The standard InChI is InChI=1S/C14H18N4/c1-3-11(8-15)14-17-10(2)7-13(18-14)12-5-4-6-16-9-12/h4-7,9,11H,3,8,15H2,1-2H3. The first-order valence-corrected chi connectivity index (χ1v) is 6.20. The van der Waals surface area contributed by atoms with Crippen LogP contribution in [0.4, 0.5) is 0 Å². The summed E-state index contributed by atoms with van der Waals surface area (Å²) in [7, 11) is 0. The largest absolute Gasteiger partial charge is 0.330 e.